The Kier molecular flexibility index (Phi) is 2.75. The van der Waals surface area contributed by atoms with Gasteiger partial charge in [-0.25, -0.2) is 0 Å². The molecule has 1 aromatic carbocycles. The first-order valence-electron chi connectivity index (χ1n) is 4.20. The van der Waals surface area contributed by atoms with Crippen molar-refractivity contribution >= 4 is 28.8 Å². The third-order valence-electron chi connectivity index (χ3n) is 1.99. The molecule has 0 N–H and O–H groups in total. The molecule has 0 fully saturated rings. The molecular formula is C11H9ClOS. The summed E-state index contributed by atoms with van der Waals surface area (Å²) >= 11 is 5.89. The van der Waals surface area contributed by atoms with Crippen molar-refractivity contribution in [1.82, 2.24) is 0 Å². The standard InChI is InChI=1S/C11H9ClOS/c12-9-3-1-4-10(7-9)14-6-2-5-11(14)8-13/h1-8,14H. The largest absolute Gasteiger partial charge is 0.297 e. The molecule has 1 atom stereocenters. The average molecular weight is 225 g/mol. The van der Waals surface area contributed by atoms with Crippen LogP contribution < -0.4 is 0 Å². The molecule has 1 aliphatic heterocycles. The lowest BCUT2D eigenvalue weighted by molar-refractivity contribution is -0.104. The number of hydrogen-bond acceptors (Lipinski definition) is 1. The van der Waals surface area contributed by atoms with Gasteiger partial charge in [-0.3, -0.25) is 4.79 Å². The molecule has 1 aromatic rings. The second kappa shape index (κ2) is 4.03. The second-order valence-electron chi connectivity index (χ2n) is 2.90. The molecule has 0 saturated heterocycles. The minimum atomic E-state index is -0.592. The fourth-order valence-corrected chi connectivity index (χ4v) is 3.40. The fourth-order valence-electron chi connectivity index (χ4n) is 1.35. The van der Waals surface area contributed by atoms with E-state index in [1.54, 1.807) is 0 Å². The van der Waals surface area contributed by atoms with Gasteiger partial charge in [0.15, 0.2) is 6.29 Å². The van der Waals surface area contributed by atoms with Crippen LogP contribution in [0.3, 0.4) is 0 Å². The summed E-state index contributed by atoms with van der Waals surface area (Å²) < 4.78 is 0. The number of carbonyl (C=O) groups excluding carboxylic acids is 1. The lowest BCUT2D eigenvalue weighted by Crippen LogP contribution is -1.83. The van der Waals surface area contributed by atoms with Crippen LogP contribution in [0.25, 0.3) is 0 Å². The Morgan fingerprint density at radius 3 is 2.93 bits per heavy atom. The summed E-state index contributed by atoms with van der Waals surface area (Å²) in [6.45, 7) is 0. The van der Waals surface area contributed by atoms with Crippen molar-refractivity contribution in [1.29, 1.82) is 0 Å². The van der Waals surface area contributed by atoms with Crippen LogP contribution in [0.5, 0.6) is 0 Å². The van der Waals surface area contributed by atoms with Crippen molar-refractivity contribution in [2.45, 2.75) is 4.90 Å². The van der Waals surface area contributed by atoms with E-state index in [9.17, 15) is 4.79 Å². The Morgan fingerprint density at radius 2 is 2.21 bits per heavy atom. The van der Waals surface area contributed by atoms with E-state index in [4.69, 9.17) is 11.6 Å². The first-order chi connectivity index (χ1) is 6.81. The number of aldehydes is 1. The number of carbonyl (C=O) groups is 1. The predicted octanol–water partition coefficient (Wildman–Crippen LogP) is 3.31. The highest BCUT2D eigenvalue weighted by molar-refractivity contribution is 8.23. The monoisotopic (exact) mass is 224 g/mol. The van der Waals surface area contributed by atoms with Gasteiger partial charge < -0.3 is 0 Å². The summed E-state index contributed by atoms with van der Waals surface area (Å²) in [4.78, 5) is 12.7. The Labute approximate surface area is 90.4 Å². The molecule has 1 aliphatic rings. The molecule has 0 saturated carbocycles. The van der Waals surface area contributed by atoms with E-state index in [-0.39, 0.29) is 0 Å². The molecule has 1 unspecified atom stereocenters. The highest BCUT2D eigenvalue weighted by atomic mass is 35.5. The van der Waals surface area contributed by atoms with Crippen molar-refractivity contribution in [3.8, 4) is 0 Å². The molecule has 1 heterocycles. The third-order valence-corrected chi connectivity index (χ3v) is 4.34. The minimum absolute atomic E-state index is 0.592. The second-order valence-corrected chi connectivity index (χ2v) is 5.41. The summed E-state index contributed by atoms with van der Waals surface area (Å²) in [6.07, 6.45) is 4.71. The van der Waals surface area contributed by atoms with Crippen molar-refractivity contribution in [2.75, 3.05) is 0 Å². The molecule has 3 heteroatoms. The van der Waals surface area contributed by atoms with Crippen LogP contribution in [-0.4, -0.2) is 6.29 Å². The molecule has 0 spiro atoms. The van der Waals surface area contributed by atoms with Crippen LogP contribution in [0.15, 0.2) is 51.6 Å². The van der Waals surface area contributed by atoms with Gasteiger partial charge in [0.25, 0.3) is 0 Å². The molecule has 72 valence electrons. The number of halogens is 1. The quantitative estimate of drug-likeness (QED) is 0.603. The zero-order chi connectivity index (χ0) is 9.97. The maximum Gasteiger partial charge on any atom is 0.155 e. The van der Waals surface area contributed by atoms with Gasteiger partial charge in [0, 0.05) is 9.93 Å². The van der Waals surface area contributed by atoms with E-state index < -0.39 is 10.9 Å². The molecule has 0 amide bonds. The van der Waals surface area contributed by atoms with E-state index in [0.29, 0.717) is 0 Å². The summed E-state index contributed by atoms with van der Waals surface area (Å²) in [5.41, 5.74) is 0. The van der Waals surface area contributed by atoms with Gasteiger partial charge in [-0.1, -0.05) is 23.7 Å². The van der Waals surface area contributed by atoms with Crippen molar-refractivity contribution in [2.24, 2.45) is 0 Å². The van der Waals surface area contributed by atoms with Gasteiger partial charge >= 0.3 is 0 Å². The maximum atomic E-state index is 10.8. The number of benzene rings is 1. The molecule has 0 bridgehead atoms. The summed E-state index contributed by atoms with van der Waals surface area (Å²) in [5, 5.41) is 2.78. The van der Waals surface area contributed by atoms with Crippen molar-refractivity contribution in [3.63, 3.8) is 0 Å². The Bertz CT molecular complexity index is 423. The van der Waals surface area contributed by atoms with Gasteiger partial charge in [0.05, 0.1) is 0 Å². The van der Waals surface area contributed by atoms with E-state index in [2.05, 4.69) is 5.41 Å². The van der Waals surface area contributed by atoms with E-state index in [0.717, 1.165) is 21.1 Å². The Hall–Kier alpha value is -0.990. The smallest absolute Gasteiger partial charge is 0.155 e. The minimum Gasteiger partial charge on any atom is -0.297 e. The first kappa shape index (κ1) is 9.56. The molecule has 0 radical (unpaired) electrons. The zero-order valence-electron chi connectivity index (χ0n) is 7.35. The maximum absolute atomic E-state index is 10.8. The van der Waals surface area contributed by atoms with Crippen molar-refractivity contribution < 1.29 is 4.79 Å². The summed E-state index contributed by atoms with van der Waals surface area (Å²) in [7, 11) is -0.592. The molecule has 0 aromatic heterocycles. The normalized spacial score (nSPS) is 22.1. The summed E-state index contributed by atoms with van der Waals surface area (Å²) in [6, 6.07) is 7.67. The third kappa shape index (κ3) is 1.76. The predicted molar refractivity (Wildman–Crippen MR) is 62.0 cm³/mol. The molecular weight excluding hydrogens is 216 g/mol. The van der Waals surface area contributed by atoms with Gasteiger partial charge in [-0.15, -0.1) is 0 Å². The Morgan fingerprint density at radius 1 is 1.36 bits per heavy atom. The first-order valence-corrected chi connectivity index (χ1v) is 5.98. The SMILES string of the molecule is O=CC1=CC=C[SH]1c1cccc(Cl)c1. The highest BCUT2D eigenvalue weighted by Gasteiger charge is 2.12. The van der Waals surface area contributed by atoms with Gasteiger partial charge in [-0.2, -0.15) is 10.9 Å². The number of hydrogen-bond donors (Lipinski definition) is 1. The molecule has 2 rings (SSSR count). The topological polar surface area (TPSA) is 17.1 Å². The Balaban J connectivity index is 2.36. The van der Waals surface area contributed by atoms with Crippen LogP contribution >= 0.6 is 22.5 Å². The fraction of sp³-hybridized carbons (Fsp3) is 0. The lowest BCUT2D eigenvalue weighted by atomic mass is 10.4. The summed E-state index contributed by atoms with van der Waals surface area (Å²) in [5.74, 6) is 0. The van der Waals surface area contributed by atoms with Crippen LogP contribution in [0.1, 0.15) is 0 Å². The van der Waals surface area contributed by atoms with Crippen LogP contribution in [0, 0.1) is 0 Å². The van der Waals surface area contributed by atoms with Gasteiger partial charge in [0.1, 0.15) is 0 Å². The zero-order valence-corrected chi connectivity index (χ0v) is 9.00. The van der Waals surface area contributed by atoms with Crippen LogP contribution in [0.2, 0.25) is 5.02 Å². The van der Waals surface area contributed by atoms with Crippen molar-refractivity contribution in [3.05, 3.63) is 51.8 Å². The number of thiol groups is 1. The van der Waals surface area contributed by atoms with E-state index >= 15 is 0 Å². The molecule has 0 aliphatic carbocycles. The number of allylic oxidation sites excluding steroid dienone is 3. The van der Waals surface area contributed by atoms with Gasteiger partial charge in [-0.05, 0) is 34.6 Å². The van der Waals surface area contributed by atoms with Gasteiger partial charge in [0.2, 0.25) is 0 Å². The van der Waals surface area contributed by atoms with Crippen LogP contribution in [-0.2, 0) is 4.79 Å². The van der Waals surface area contributed by atoms with E-state index in [1.807, 2.05) is 36.4 Å². The average Bonchev–Trinajstić information content (AvgIpc) is 2.65. The number of rotatable bonds is 2. The van der Waals surface area contributed by atoms with Crippen LogP contribution in [0.4, 0.5) is 0 Å². The molecule has 14 heavy (non-hydrogen) atoms. The van der Waals surface area contributed by atoms with E-state index in [1.165, 1.54) is 0 Å². The molecule has 1 nitrogen and oxygen atoms in total. The highest BCUT2D eigenvalue weighted by Crippen LogP contribution is 2.47. The lowest BCUT2D eigenvalue weighted by Gasteiger charge is -2.14.